The zero-order chi connectivity index (χ0) is 13.8. The van der Waals surface area contributed by atoms with E-state index in [4.69, 9.17) is 0 Å². The molecule has 1 heterocycles. The average Bonchev–Trinajstić information content (AvgIpc) is 2.37. The van der Waals surface area contributed by atoms with Crippen LogP contribution in [0.4, 0.5) is 5.69 Å². The van der Waals surface area contributed by atoms with Gasteiger partial charge in [-0.3, -0.25) is 9.69 Å². The molecule has 1 aromatic carbocycles. The van der Waals surface area contributed by atoms with Gasteiger partial charge in [-0.1, -0.05) is 18.2 Å². The van der Waals surface area contributed by atoms with Gasteiger partial charge in [-0.15, -0.1) is 12.4 Å². The zero-order valence-corrected chi connectivity index (χ0v) is 13.2. The van der Waals surface area contributed by atoms with Crippen molar-refractivity contribution in [2.75, 3.05) is 31.5 Å². The summed E-state index contributed by atoms with van der Waals surface area (Å²) in [7, 11) is 0. The molecule has 4 nitrogen and oxygen atoms in total. The Morgan fingerprint density at radius 1 is 1.40 bits per heavy atom. The molecule has 2 rings (SSSR count). The number of amides is 1. The number of carbonyl (C=O) groups excluding carboxylic acids is 1. The molecule has 1 fully saturated rings. The normalized spacial score (nSPS) is 19.2. The molecule has 112 valence electrons. The first-order valence-electron chi connectivity index (χ1n) is 6.89. The van der Waals surface area contributed by atoms with Crippen molar-refractivity contribution in [3.8, 4) is 0 Å². The predicted octanol–water partition coefficient (Wildman–Crippen LogP) is 1.96. The van der Waals surface area contributed by atoms with Gasteiger partial charge < -0.3 is 10.6 Å². The molecule has 1 aromatic rings. The van der Waals surface area contributed by atoms with Gasteiger partial charge in [0, 0.05) is 31.4 Å². The second-order valence-corrected chi connectivity index (χ2v) is 5.34. The summed E-state index contributed by atoms with van der Waals surface area (Å²) in [6, 6.07) is 6.47. The molecule has 0 spiro atoms. The van der Waals surface area contributed by atoms with Crippen LogP contribution in [-0.2, 0) is 4.79 Å². The van der Waals surface area contributed by atoms with Crippen molar-refractivity contribution in [2.24, 2.45) is 0 Å². The monoisotopic (exact) mass is 297 g/mol. The van der Waals surface area contributed by atoms with Gasteiger partial charge >= 0.3 is 0 Å². The van der Waals surface area contributed by atoms with Crippen molar-refractivity contribution >= 4 is 24.0 Å². The van der Waals surface area contributed by atoms with Gasteiger partial charge in [0.25, 0.3) is 0 Å². The molecule has 5 heteroatoms. The van der Waals surface area contributed by atoms with Crippen molar-refractivity contribution in [3.05, 3.63) is 29.3 Å². The number of para-hydroxylation sites is 1. The molecule has 1 saturated heterocycles. The Balaban J connectivity index is 0.00000200. The fourth-order valence-electron chi connectivity index (χ4n) is 2.49. The number of piperazine rings is 1. The van der Waals surface area contributed by atoms with Crippen molar-refractivity contribution in [3.63, 3.8) is 0 Å². The zero-order valence-electron chi connectivity index (χ0n) is 12.4. The summed E-state index contributed by atoms with van der Waals surface area (Å²) in [6.45, 7) is 9.51. The van der Waals surface area contributed by atoms with Crippen LogP contribution in [0.25, 0.3) is 0 Å². The number of nitrogens with zero attached hydrogens (tertiary/aromatic N) is 1. The number of anilines is 1. The Morgan fingerprint density at radius 2 is 2.05 bits per heavy atom. The minimum absolute atomic E-state index is 0. The van der Waals surface area contributed by atoms with Gasteiger partial charge in [0.1, 0.15) is 0 Å². The number of aryl methyl sites for hydroxylation is 2. The van der Waals surface area contributed by atoms with E-state index in [1.807, 2.05) is 32.0 Å². The highest BCUT2D eigenvalue weighted by atomic mass is 35.5. The lowest BCUT2D eigenvalue weighted by Crippen LogP contribution is -2.52. The first kappa shape index (κ1) is 17.0. The molecule has 0 unspecified atom stereocenters. The summed E-state index contributed by atoms with van der Waals surface area (Å²) in [5.41, 5.74) is 3.18. The van der Waals surface area contributed by atoms with Crippen LogP contribution in [0.1, 0.15) is 18.1 Å². The molecule has 1 aliphatic rings. The highest BCUT2D eigenvalue weighted by Gasteiger charge is 2.20. The summed E-state index contributed by atoms with van der Waals surface area (Å²) in [6.07, 6.45) is 0. The second kappa shape index (κ2) is 7.62. The highest BCUT2D eigenvalue weighted by molar-refractivity contribution is 5.93. The quantitative estimate of drug-likeness (QED) is 0.896. The number of hydrogen-bond donors (Lipinski definition) is 2. The van der Waals surface area contributed by atoms with E-state index in [0.717, 1.165) is 36.4 Å². The summed E-state index contributed by atoms with van der Waals surface area (Å²) in [4.78, 5) is 14.4. The van der Waals surface area contributed by atoms with Gasteiger partial charge in [-0.2, -0.15) is 0 Å². The van der Waals surface area contributed by atoms with E-state index in [-0.39, 0.29) is 18.3 Å². The van der Waals surface area contributed by atoms with E-state index in [0.29, 0.717) is 12.6 Å². The number of nitrogens with one attached hydrogen (secondary N) is 2. The van der Waals surface area contributed by atoms with Crippen LogP contribution in [0.5, 0.6) is 0 Å². The smallest absolute Gasteiger partial charge is 0.238 e. The minimum atomic E-state index is 0. The van der Waals surface area contributed by atoms with E-state index in [9.17, 15) is 4.79 Å². The van der Waals surface area contributed by atoms with Crippen LogP contribution in [0.3, 0.4) is 0 Å². The summed E-state index contributed by atoms with van der Waals surface area (Å²) < 4.78 is 0. The Kier molecular flexibility index (Phi) is 6.46. The first-order chi connectivity index (χ1) is 9.08. The van der Waals surface area contributed by atoms with Crippen LogP contribution in [-0.4, -0.2) is 43.0 Å². The third-order valence-electron chi connectivity index (χ3n) is 3.73. The fraction of sp³-hybridized carbons (Fsp3) is 0.533. The number of halogens is 1. The molecular weight excluding hydrogens is 274 g/mol. The second-order valence-electron chi connectivity index (χ2n) is 5.34. The van der Waals surface area contributed by atoms with Crippen molar-refractivity contribution < 1.29 is 4.79 Å². The average molecular weight is 298 g/mol. The number of benzene rings is 1. The molecular formula is C15H24ClN3O. The molecule has 0 saturated carbocycles. The molecule has 0 aromatic heterocycles. The Bertz CT molecular complexity index is 444. The van der Waals surface area contributed by atoms with Gasteiger partial charge in [0.2, 0.25) is 5.91 Å². The van der Waals surface area contributed by atoms with Gasteiger partial charge in [0.05, 0.1) is 6.54 Å². The lowest BCUT2D eigenvalue weighted by atomic mass is 10.1. The number of carbonyl (C=O) groups is 1. The van der Waals surface area contributed by atoms with Crippen molar-refractivity contribution in [2.45, 2.75) is 26.8 Å². The topological polar surface area (TPSA) is 44.4 Å². The maximum absolute atomic E-state index is 12.2. The van der Waals surface area contributed by atoms with Crippen molar-refractivity contribution in [1.82, 2.24) is 10.2 Å². The van der Waals surface area contributed by atoms with Crippen molar-refractivity contribution in [1.29, 1.82) is 0 Å². The van der Waals surface area contributed by atoms with Crippen LogP contribution in [0, 0.1) is 13.8 Å². The lowest BCUT2D eigenvalue weighted by molar-refractivity contribution is -0.118. The number of hydrogen-bond acceptors (Lipinski definition) is 3. The number of rotatable bonds is 3. The van der Waals surface area contributed by atoms with Crippen LogP contribution >= 0.6 is 12.4 Å². The molecule has 2 N–H and O–H groups in total. The van der Waals surface area contributed by atoms with Crippen LogP contribution in [0.15, 0.2) is 18.2 Å². The third-order valence-corrected chi connectivity index (χ3v) is 3.73. The van der Waals surface area contributed by atoms with E-state index >= 15 is 0 Å². The molecule has 0 bridgehead atoms. The minimum Gasteiger partial charge on any atom is -0.324 e. The SMILES string of the molecule is Cc1cccc(C)c1NC(=O)CN1CCNC[C@@H]1C.Cl. The van der Waals surface area contributed by atoms with Crippen LogP contribution < -0.4 is 10.6 Å². The molecule has 1 aliphatic heterocycles. The van der Waals surface area contributed by atoms with Gasteiger partial charge in [-0.05, 0) is 31.9 Å². The summed E-state index contributed by atoms with van der Waals surface area (Å²) in [5.74, 6) is 0.0751. The third kappa shape index (κ3) is 4.20. The Hall–Kier alpha value is -1.10. The van der Waals surface area contributed by atoms with Gasteiger partial charge in [-0.25, -0.2) is 0 Å². The van der Waals surface area contributed by atoms with E-state index in [1.165, 1.54) is 0 Å². The summed E-state index contributed by atoms with van der Waals surface area (Å²) >= 11 is 0. The largest absolute Gasteiger partial charge is 0.324 e. The van der Waals surface area contributed by atoms with E-state index in [2.05, 4.69) is 22.5 Å². The molecule has 0 aliphatic carbocycles. The predicted molar refractivity (Wildman–Crippen MR) is 85.7 cm³/mol. The van der Waals surface area contributed by atoms with Gasteiger partial charge in [0.15, 0.2) is 0 Å². The maximum atomic E-state index is 12.2. The Morgan fingerprint density at radius 3 is 2.65 bits per heavy atom. The molecule has 1 amide bonds. The standard InChI is InChI=1S/C15H23N3O.ClH/c1-11-5-4-6-12(2)15(11)17-14(19)10-18-8-7-16-9-13(18)3;/h4-6,13,16H,7-10H2,1-3H3,(H,17,19);1H/t13-;/m0./s1. The maximum Gasteiger partial charge on any atom is 0.238 e. The molecule has 1 atom stereocenters. The van der Waals surface area contributed by atoms with E-state index in [1.54, 1.807) is 0 Å². The fourth-order valence-corrected chi connectivity index (χ4v) is 2.49. The molecule has 0 radical (unpaired) electrons. The highest BCUT2D eigenvalue weighted by Crippen LogP contribution is 2.19. The van der Waals surface area contributed by atoms with E-state index < -0.39 is 0 Å². The first-order valence-corrected chi connectivity index (χ1v) is 6.89. The Labute approximate surface area is 127 Å². The van der Waals surface area contributed by atoms with Crippen LogP contribution in [0.2, 0.25) is 0 Å². The molecule has 20 heavy (non-hydrogen) atoms. The lowest BCUT2D eigenvalue weighted by Gasteiger charge is -2.33. The summed E-state index contributed by atoms with van der Waals surface area (Å²) in [5, 5.41) is 6.38.